The Labute approximate surface area is 378 Å². The zero-order valence-electron chi connectivity index (χ0n) is 36.7. The number of rotatable bonds is 26. The quantitative estimate of drug-likeness (QED) is 0.0507. The van der Waals surface area contributed by atoms with E-state index in [1.165, 1.54) is 125 Å². The van der Waals surface area contributed by atoms with Crippen LogP contribution in [0.2, 0.25) is 0 Å². The number of nitrogens with zero attached hydrogens (tertiary/aromatic N) is 2. The summed E-state index contributed by atoms with van der Waals surface area (Å²) in [5.74, 6) is 3.09. The third-order valence-corrected chi connectivity index (χ3v) is 13.1. The minimum Gasteiger partial charge on any atom is -0.493 e. The molecule has 0 amide bonds. The third-order valence-electron chi connectivity index (χ3n) is 12.1. The lowest BCUT2D eigenvalue weighted by Gasteiger charge is -2.26. The molecule has 6 heteroatoms. The van der Waals surface area contributed by atoms with Crippen molar-refractivity contribution in [2.75, 3.05) is 18.1 Å². The highest BCUT2D eigenvalue weighted by Crippen LogP contribution is 2.39. The number of ether oxygens (including phenoxy) is 2. The fourth-order valence-corrected chi connectivity index (χ4v) is 9.30. The van der Waals surface area contributed by atoms with Gasteiger partial charge < -0.3 is 18.9 Å². The van der Waals surface area contributed by atoms with Gasteiger partial charge in [-0.15, -0.1) is 0 Å². The Morgan fingerprint density at radius 1 is 0.450 bits per heavy atom. The number of unbranched alkanes of at least 4 members (excludes halogenated alkanes) is 8. The summed E-state index contributed by atoms with van der Waals surface area (Å²) >= 11 is 7.43. The van der Waals surface area contributed by atoms with E-state index in [2.05, 4.69) is 178 Å². The molecule has 6 aromatic rings. The predicted molar refractivity (Wildman–Crippen MR) is 265 cm³/mol. The lowest BCUT2D eigenvalue weighted by molar-refractivity contribution is 0.225. The number of hydrogen-bond donors (Lipinski definition) is 0. The van der Waals surface area contributed by atoms with Crippen LogP contribution in [0.25, 0.3) is 27.5 Å². The zero-order valence-corrected chi connectivity index (χ0v) is 39.9. The molecule has 5 aromatic carbocycles. The molecule has 6 rings (SSSR count). The average Bonchev–Trinajstić information content (AvgIpc) is 3.58. The fourth-order valence-electron chi connectivity index (χ4n) is 8.58. The van der Waals surface area contributed by atoms with Crippen LogP contribution in [0.5, 0.6) is 11.5 Å². The van der Waals surface area contributed by atoms with E-state index in [1.807, 2.05) is 0 Å². The topological polar surface area (TPSA) is 26.6 Å². The van der Waals surface area contributed by atoms with Crippen molar-refractivity contribution in [1.82, 2.24) is 4.57 Å². The smallest absolute Gasteiger partial charge is 0.119 e. The number of hydrogen-bond acceptors (Lipinski definition) is 3. The Morgan fingerprint density at radius 2 is 0.833 bits per heavy atom. The number of benzene rings is 5. The number of anilines is 3. The minimum atomic E-state index is 0.609. The molecule has 2 atom stereocenters. The van der Waals surface area contributed by atoms with Crippen molar-refractivity contribution >= 4 is 70.7 Å². The first-order chi connectivity index (χ1) is 29.4. The van der Waals surface area contributed by atoms with Crippen LogP contribution in [0.15, 0.2) is 118 Å². The zero-order chi connectivity index (χ0) is 42.1. The number of aromatic nitrogens is 1. The molecule has 0 spiro atoms. The molecule has 60 heavy (non-hydrogen) atoms. The Kier molecular flexibility index (Phi) is 18.3. The standard InChI is InChI=1S/C54H68Br2N2O2/c1-5-9-13-15-19-41(17-11-7-3)39-59-49-31-27-46(28-32-49)57(47-29-33-50(34-30-47)60-40-42(18-12-8-4)20-16-14-10-6-2)45-23-25-48(26-24-45)58-53-35-21-43(55)37-51(53)52-38-44(56)22-36-54(52)58/h21-38,41-42H,5-20,39-40H2,1-4H3. The minimum absolute atomic E-state index is 0.609. The first kappa shape index (κ1) is 45.8. The van der Waals surface area contributed by atoms with Crippen molar-refractivity contribution in [3.05, 3.63) is 118 Å². The molecule has 2 unspecified atom stereocenters. The highest BCUT2D eigenvalue weighted by atomic mass is 79.9. The molecule has 0 aliphatic rings. The maximum atomic E-state index is 6.49. The molecule has 0 radical (unpaired) electrons. The van der Waals surface area contributed by atoms with Gasteiger partial charge in [0.1, 0.15) is 11.5 Å². The van der Waals surface area contributed by atoms with Gasteiger partial charge in [0, 0.05) is 42.5 Å². The van der Waals surface area contributed by atoms with Crippen LogP contribution in [-0.4, -0.2) is 17.8 Å². The largest absolute Gasteiger partial charge is 0.493 e. The summed E-state index contributed by atoms with van der Waals surface area (Å²) in [6, 6.07) is 39.5. The summed E-state index contributed by atoms with van der Waals surface area (Å²) in [6.07, 6.45) is 20.4. The van der Waals surface area contributed by atoms with Gasteiger partial charge in [-0.25, -0.2) is 0 Å². The summed E-state index contributed by atoms with van der Waals surface area (Å²) < 4.78 is 17.5. The molecule has 4 nitrogen and oxygen atoms in total. The Balaban J connectivity index is 1.26. The van der Waals surface area contributed by atoms with Gasteiger partial charge in [-0.3, -0.25) is 0 Å². The third kappa shape index (κ3) is 12.7. The Bertz CT molecular complexity index is 2030. The van der Waals surface area contributed by atoms with E-state index in [0.29, 0.717) is 11.8 Å². The Morgan fingerprint density at radius 3 is 1.23 bits per heavy atom. The molecule has 0 saturated heterocycles. The maximum absolute atomic E-state index is 6.49. The van der Waals surface area contributed by atoms with Gasteiger partial charge in [0.15, 0.2) is 0 Å². The highest BCUT2D eigenvalue weighted by molar-refractivity contribution is 9.10. The van der Waals surface area contributed by atoms with Crippen LogP contribution in [-0.2, 0) is 0 Å². The average molecular weight is 937 g/mol. The van der Waals surface area contributed by atoms with E-state index in [1.54, 1.807) is 0 Å². The molecule has 1 aromatic heterocycles. The second kappa shape index (κ2) is 24.0. The first-order valence-corrected chi connectivity index (χ1v) is 24.8. The summed E-state index contributed by atoms with van der Waals surface area (Å²) in [7, 11) is 0. The van der Waals surface area contributed by atoms with Crippen molar-refractivity contribution in [2.45, 2.75) is 130 Å². The predicted octanol–water partition coefficient (Wildman–Crippen LogP) is 18.1. The first-order valence-electron chi connectivity index (χ1n) is 23.2. The van der Waals surface area contributed by atoms with E-state index in [0.717, 1.165) is 56.4 Å². The van der Waals surface area contributed by atoms with Crippen LogP contribution in [0.3, 0.4) is 0 Å². The van der Waals surface area contributed by atoms with Crippen LogP contribution in [0.4, 0.5) is 17.1 Å². The second-order valence-corrected chi connectivity index (χ2v) is 18.7. The molecular weight excluding hydrogens is 868 g/mol. The van der Waals surface area contributed by atoms with Gasteiger partial charge in [-0.05, 0) is 147 Å². The molecule has 0 aliphatic carbocycles. The van der Waals surface area contributed by atoms with Crippen LogP contribution in [0, 0.1) is 11.8 Å². The normalized spacial score (nSPS) is 12.6. The molecular formula is C54H68Br2N2O2. The molecule has 0 N–H and O–H groups in total. The molecule has 320 valence electrons. The second-order valence-electron chi connectivity index (χ2n) is 16.8. The lowest BCUT2D eigenvalue weighted by atomic mass is 9.96. The van der Waals surface area contributed by atoms with Crippen molar-refractivity contribution in [3.8, 4) is 17.2 Å². The van der Waals surface area contributed by atoms with Gasteiger partial charge in [-0.2, -0.15) is 0 Å². The number of fused-ring (bicyclic) bond motifs is 3. The van der Waals surface area contributed by atoms with Gasteiger partial charge >= 0.3 is 0 Å². The summed E-state index contributed by atoms with van der Waals surface area (Å²) in [6.45, 7) is 10.7. The summed E-state index contributed by atoms with van der Waals surface area (Å²) in [5, 5.41) is 2.44. The monoisotopic (exact) mass is 934 g/mol. The lowest BCUT2D eigenvalue weighted by Crippen LogP contribution is -2.13. The highest BCUT2D eigenvalue weighted by Gasteiger charge is 2.18. The van der Waals surface area contributed by atoms with Crippen molar-refractivity contribution in [3.63, 3.8) is 0 Å². The van der Waals surface area contributed by atoms with Crippen molar-refractivity contribution < 1.29 is 9.47 Å². The van der Waals surface area contributed by atoms with Gasteiger partial charge in [0.25, 0.3) is 0 Å². The summed E-state index contributed by atoms with van der Waals surface area (Å²) in [5.41, 5.74) is 6.74. The van der Waals surface area contributed by atoms with E-state index >= 15 is 0 Å². The molecule has 0 saturated carbocycles. The van der Waals surface area contributed by atoms with E-state index in [-0.39, 0.29) is 0 Å². The molecule has 0 aliphatic heterocycles. The SMILES string of the molecule is CCCCCCC(CCCC)COc1ccc(N(c2ccc(OCC(CCCC)CCCCCC)cc2)c2ccc(-n3c4ccc(Br)cc4c4cc(Br)ccc43)cc2)cc1. The van der Waals surface area contributed by atoms with Gasteiger partial charge in [0.05, 0.1) is 24.2 Å². The van der Waals surface area contributed by atoms with E-state index in [9.17, 15) is 0 Å². The van der Waals surface area contributed by atoms with Crippen LogP contribution < -0.4 is 14.4 Å². The van der Waals surface area contributed by atoms with Gasteiger partial charge in [-0.1, -0.05) is 137 Å². The van der Waals surface area contributed by atoms with Crippen molar-refractivity contribution in [1.29, 1.82) is 0 Å². The fraction of sp³-hybridized carbons (Fsp3) is 0.444. The number of halogens is 2. The molecule has 1 heterocycles. The van der Waals surface area contributed by atoms with E-state index < -0.39 is 0 Å². The Hall–Kier alpha value is -3.74. The van der Waals surface area contributed by atoms with E-state index in [4.69, 9.17) is 9.47 Å². The van der Waals surface area contributed by atoms with Crippen LogP contribution in [0.1, 0.15) is 130 Å². The van der Waals surface area contributed by atoms with Gasteiger partial charge in [0.2, 0.25) is 0 Å². The molecule has 0 bridgehead atoms. The summed E-state index contributed by atoms with van der Waals surface area (Å²) in [4.78, 5) is 2.34. The maximum Gasteiger partial charge on any atom is 0.119 e. The van der Waals surface area contributed by atoms with Crippen molar-refractivity contribution in [2.24, 2.45) is 11.8 Å². The molecule has 0 fully saturated rings. The van der Waals surface area contributed by atoms with Crippen LogP contribution >= 0.6 is 31.9 Å².